The molecule has 1 aliphatic rings. The van der Waals surface area contributed by atoms with Gasteiger partial charge in [-0.2, -0.15) is 0 Å². The van der Waals surface area contributed by atoms with Crippen LogP contribution in [0.1, 0.15) is 55.5 Å². The largest absolute Gasteiger partial charge is 0.497 e. The van der Waals surface area contributed by atoms with E-state index in [1.54, 1.807) is 7.11 Å². The summed E-state index contributed by atoms with van der Waals surface area (Å²) in [5.74, 6) is 1.92. The van der Waals surface area contributed by atoms with Gasteiger partial charge in [0.05, 0.1) is 13.2 Å². The summed E-state index contributed by atoms with van der Waals surface area (Å²) >= 11 is 0. The molecule has 0 bridgehead atoms. The highest BCUT2D eigenvalue weighted by Gasteiger charge is 2.25. The summed E-state index contributed by atoms with van der Waals surface area (Å²) in [6.45, 7) is 7.36. The lowest BCUT2D eigenvalue weighted by Crippen LogP contribution is -2.40. The van der Waals surface area contributed by atoms with Crippen molar-refractivity contribution in [2.24, 2.45) is 5.92 Å². The van der Waals surface area contributed by atoms with Crippen LogP contribution in [0, 0.1) is 12.8 Å². The zero-order valence-corrected chi connectivity index (χ0v) is 19.5. The van der Waals surface area contributed by atoms with Crippen molar-refractivity contribution in [2.75, 3.05) is 25.5 Å². The second kappa shape index (κ2) is 11.0. The maximum Gasteiger partial charge on any atom is 0.253 e. The number of methoxy groups -OCH3 is 1. The molecule has 1 saturated heterocycles. The Kier molecular flexibility index (Phi) is 8.14. The van der Waals surface area contributed by atoms with Gasteiger partial charge in [-0.25, -0.2) is 0 Å². The topological polar surface area (TPSA) is 67.9 Å². The molecule has 1 atom stereocenters. The van der Waals surface area contributed by atoms with Crippen LogP contribution in [0.4, 0.5) is 5.69 Å². The standard InChI is InChI=1S/C26H34N2O4/c1-18(2)32-22-10-8-21(9-11-22)26(30)28-15-5-6-20(17-28)7-14-25(29)27-24-13-12-23(31-4)16-19(24)3/h8-13,16,18,20H,5-7,14-15,17H2,1-4H3,(H,27,29)/t20-/m1/s1. The Bertz CT molecular complexity index is 924. The van der Waals surface area contributed by atoms with Gasteiger partial charge in [0.2, 0.25) is 5.91 Å². The van der Waals surface area contributed by atoms with Gasteiger partial charge in [0.1, 0.15) is 11.5 Å². The second-order valence-corrected chi connectivity index (χ2v) is 8.72. The number of piperidine rings is 1. The van der Waals surface area contributed by atoms with Gasteiger partial charge in [0.15, 0.2) is 0 Å². The fraction of sp³-hybridized carbons (Fsp3) is 0.462. The summed E-state index contributed by atoms with van der Waals surface area (Å²) in [4.78, 5) is 27.3. The number of amides is 2. The molecule has 2 aromatic carbocycles. The van der Waals surface area contributed by atoms with Gasteiger partial charge < -0.3 is 19.7 Å². The molecule has 1 aliphatic heterocycles. The Labute approximate surface area is 190 Å². The molecule has 6 nitrogen and oxygen atoms in total. The minimum atomic E-state index is 0.00228. The van der Waals surface area contributed by atoms with Crippen molar-refractivity contribution >= 4 is 17.5 Å². The number of nitrogens with one attached hydrogen (secondary N) is 1. The van der Waals surface area contributed by atoms with Crippen molar-refractivity contribution in [3.8, 4) is 11.5 Å². The van der Waals surface area contributed by atoms with E-state index in [0.717, 1.165) is 48.6 Å². The first kappa shape index (κ1) is 23.6. The molecule has 1 heterocycles. The fourth-order valence-electron chi connectivity index (χ4n) is 4.07. The van der Waals surface area contributed by atoms with Crippen LogP contribution >= 0.6 is 0 Å². The molecule has 32 heavy (non-hydrogen) atoms. The quantitative estimate of drug-likeness (QED) is 0.625. The number of aryl methyl sites for hydroxylation is 1. The lowest BCUT2D eigenvalue weighted by molar-refractivity contribution is -0.116. The maximum absolute atomic E-state index is 12.9. The number of nitrogens with zero attached hydrogens (tertiary/aromatic N) is 1. The molecular formula is C26H34N2O4. The average molecular weight is 439 g/mol. The molecule has 0 aromatic heterocycles. The summed E-state index contributed by atoms with van der Waals surface area (Å²) < 4.78 is 10.9. The van der Waals surface area contributed by atoms with Crippen molar-refractivity contribution in [1.29, 1.82) is 0 Å². The normalized spacial score (nSPS) is 16.0. The summed E-state index contributed by atoms with van der Waals surface area (Å²) in [7, 11) is 1.63. The van der Waals surface area contributed by atoms with Crippen LogP contribution in [-0.4, -0.2) is 43.0 Å². The first-order valence-corrected chi connectivity index (χ1v) is 11.4. The van der Waals surface area contributed by atoms with Crippen molar-refractivity contribution < 1.29 is 19.1 Å². The first-order valence-electron chi connectivity index (χ1n) is 11.4. The molecule has 3 rings (SSSR count). The Morgan fingerprint density at radius 1 is 1.12 bits per heavy atom. The van der Waals surface area contributed by atoms with Gasteiger partial charge in [0, 0.05) is 30.8 Å². The Balaban J connectivity index is 1.50. The summed E-state index contributed by atoms with van der Waals surface area (Å²) in [5, 5.41) is 2.99. The smallest absolute Gasteiger partial charge is 0.253 e. The number of hydrogen-bond acceptors (Lipinski definition) is 4. The molecule has 0 unspecified atom stereocenters. The summed E-state index contributed by atoms with van der Waals surface area (Å²) in [6, 6.07) is 13.0. The first-order chi connectivity index (χ1) is 15.4. The molecule has 172 valence electrons. The van der Waals surface area contributed by atoms with E-state index in [-0.39, 0.29) is 17.9 Å². The van der Waals surface area contributed by atoms with E-state index in [1.807, 2.05) is 68.1 Å². The minimum Gasteiger partial charge on any atom is -0.497 e. The number of ether oxygens (including phenoxy) is 2. The third-order valence-electron chi connectivity index (χ3n) is 5.77. The van der Waals surface area contributed by atoms with Crippen LogP contribution in [0.2, 0.25) is 0 Å². The Morgan fingerprint density at radius 3 is 2.50 bits per heavy atom. The highest BCUT2D eigenvalue weighted by molar-refractivity contribution is 5.94. The molecule has 0 aliphatic carbocycles. The van der Waals surface area contributed by atoms with E-state index >= 15 is 0 Å². The molecule has 0 saturated carbocycles. The number of carbonyl (C=O) groups excluding carboxylic acids is 2. The number of anilines is 1. The number of hydrogen-bond donors (Lipinski definition) is 1. The van der Waals surface area contributed by atoms with Crippen molar-refractivity contribution in [1.82, 2.24) is 4.90 Å². The monoisotopic (exact) mass is 438 g/mol. The molecule has 1 N–H and O–H groups in total. The van der Waals surface area contributed by atoms with Crippen LogP contribution in [0.3, 0.4) is 0 Å². The fourth-order valence-corrected chi connectivity index (χ4v) is 4.07. The van der Waals surface area contributed by atoms with Crippen LogP contribution in [0.5, 0.6) is 11.5 Å². The zero-order valence-electron chi connectivity index (χ0n) is 19.5. The van der Waals surface area contributed by atoms with Crippen LogP contribution in [-0.2, 0) is 4.79 Å². The van der Waals surface area contributed by atoms with Gasteiger partial charge in [-0.3, -0.25) is 9.59 Å². The van der Waals surface area contributed by atoms with Gasteiger partial charge in [-0.1, -0.05) is 0 Å². The van der Waals surface area contributed by atoms with E-state index in [0.29, 0.717) is 24.4 Å². The molecular weight excluding hydrogens is 404 g/mol. The lowest BCUT2D eigenvalue weighted by atomic mass is 9.92. The van der Waals surface area contributed by atoms with Gasteiger partial charge in [0.25, 0.3) is 5.91 Å². The molecule has 1 fully saturated rings. The minimum absolute atomic E-state index is 0.00228. The number of carbonyl (C=O) groups is 2. The number of likely N-dealkylation sites (tertiary alicyclic amines) is 1. The SMILES string of the molecule is COc1ccc(NC(=O)CC[C@H]2CCCN(C(=O)c3ccc(OC(C)C)cc3)C2)c(C)c1. The molecule has 6 heteroatoms. The summed E-state index contributed by atoms with van der Waals surface area (Å²) in [6.07, 6.45) is 3.32. The van der Waals surface area contributed by atoms with Gasteiger partial charge in [-0.15, -0.1) is 0 Å². The second-order valence-electron chi connectivity index (χ2n) is 8.72. The predicted molar refractivity (Wildman–Crippen MR) is 126 cm³/mol. The third-order valence-corrected chi connectivity index (χ3v) is 5.77. The molecule has 0 radical (unpaired) electrons. The summed E-state index contributed by atoms with van der Waals surface area (Å²) in [5.41, 5.74) is 2.45. The Hall–Kier alpha value is -3.02. The van der Waals surface area contributed by atoms with Gasteiger partial charge >= 0.3 is 0 Å². The zero-order chi connectivity index (χ0) is 23.1. The van der Waals surface area contributed by atoms with Crippen LogP contribution < -0.4 is 14.8 Å². The highest BCUT2D eigenvalue weighted by atomic mass is 16.5. The van der Waals surface area contributed by atoms with Gasteiger partial charge in [-0.05, 0) is 94.0 Å². The van der Waals surface area contributed by atoms with E-state index in [2.05, 4.69) is 5.32 Å². The van der Waals surface area contributed by atoms with E-state index in [1.165, 1.54) is 0 Å². The van der Waals surface area contributed by atoms with Crippen LogP contribution in [0.25, 0.3) is 0 Å². The molecule has 2 amide bonds. The predicted octanol–water partition coefficient (Wildman–Crippen LogP) is 5.06. The highest BCUT2D eigenvalue weighted by Crippen LogP contribution is 2.25. The van der Waals surface area contributed by atoms with E-state index in [9.17, 15) is 9.59 Å². The lowest BCUT2D eigenvalue weighted by Gasteiger charge is -2.33. The van der Waals surface area contributed by atoms with Crippen LogP contribution in [0.15, 0.2) is 42.5 Å². The van der Waals surface area contributed by atoms with Crippen molar-refractivity contribution in [2.45, 2.75) is 52.6 Å². The van der Waals surface area contributed by atoms with E-state index < -0.39 is 0 Å². The van der Waals surface area contributed by atoms with Crippen molar-refractivity contribution in [3.63, 3.8) is 0 Å². The maximum atomic E-state index is 12.9. The van der Waals surface area contributed by atoms with Crippen molar-refractivity contribution in [3.05, 3.63) is 53.6 Å². The number of benzene rings is 2. The molecule has 2 aromatic rings. The molecule has 0 spiro atoms. The third kappa shape index (κ3) is 6.49. The average Bonchev–Trinajstić information content (AvgIpc) is 2.79. The van der Waals surface area contributed by atoms with E-state index in [4.69, 9.17) is 9.47 Å². The number of rotatable bonds is 8. The Morgan fingerprint density at radius 2 is 1.84 bits per heavy atom.